The molecule has 0 fully saturated rings. The van der Waals surface area contributed by atoms with Gasteiger partial charge in [-0.1, -0.05) is 146 Å². The van der Waals surface area contributed by atoms with Crippen molar-refractivity contribution in [2.45, 2.75) is 24.3 Å². The van der Waals surface area contributed by atoms with Crippen LogP contribution in [0.25, 0.3) is 0 Å². The normalized spacial score (nSPS) is 11.7. The molecule has 1 amide bonds. The van der Waals surface area contributed by atoms with E-state index in [1.165, 1.54) is 7.11 Å². The number of esters is 1. The van der Waals surface area contributed by atoms with E-state index in [1.54, 1.807) is 36.4 Å². The van der Waals surface area contributed by atoms with E-state index >= 15 is 0 Å². The van der Waals surface area contributed by atoms with E-state index in [2.05, 4.69) is 5.32 Å². The molecule has 1 N–H and O–H groups in total. The van der Waals surface area contributed by atoms with Crippen LogP contribution in [0.15, 0.2) is 146 Å². The summed E-state index contributed by atoms with van der Waals surface area (Å²) >= 11 is 0. The van der Waals surface area contributed by atoms with Gasteiger partial charge in [-0.15, -0.1) is 0 Å². The van der Waals surface area contributed by atoms with Gasteiger partial charge in [0, 0.05) is 24.0 Å². The maximum Gasteiger partial charge on any atom is 0.328 e. The summed E-state index contributed by atoms with van der Waals surface area (Å²) in [4.78, 5) is 39.7. The zero-order valence-corrected chi connectivity index (χ0v) is 24.0. The van der Waals surface area contributed by atoms with Gasteiger partial charge < -0.3 is 10.1 Å². The van der Waals surface area contributed by atoms with Crippen LogP contribution < -0.4 is 5.32 Å². The van der Waals surface area contributed by atoms with Gasteiger partial charge in [-0.3, -0.25) is 9.59 Å². The van der Waals surface area contributed by atoms with Gasteiger partial charge in [0.15, 0.2) is 5.78 Å². The first-order valence-corrected chi connectivity index (χ1v) is 14.2. The number of rotatable bonds is 11. The molecular formula is C38H33NO4. The topological polar surface area (TPSA) is 72.5 Å². The van der Waals surface area contributed by atoms with Crippen molar-refractivity contribution in [3.8, 4) is 0 Å². The maximum atomic E-state index is 13.9. The third-order valence-electron chi connectivity index (χ3n) is 7.74. The molecule has 1 atom stereocenters. The van der Waals surface area contributed by atoms with Gasteiger partial charge >= 0.3 is 5.97 Å². The lowest BCUT2D eigenvalue weighted by Gasteiger charge is -2.36. The van der Waals surface area contributed by atoms with Crippen molar-refractivity contribution in [1.82, 2.24) is 5.32 Å². The fourth-order valence-electron chi connectivity index (χ4n) is 5.58. The number of amides is 1. The van der Waals surface area contributed by atoms with E-state index in [4.69, 9.17) is 4.74 Å². The Labute approximate surface area is 252 Å². The Morgan fingerprint density at radius 2 is 1.02 bits per heavy atom. The minimum Gasteiger partial charge on any atom is -0.467 e. The summed E-state index contributed by atoms with van der Waals surface area (Å²) in [7, 11) is 1.31. The maximum absolute atomic E-state index is 13.9. The number of nitrogens with one attached hydrogen (secondary N) is 1. The van der Waals surface area contributed by atoms with Gasteiger partial charge in [-0.05, 0) is 22.3 Å². The summed E-state index contributed by atoms with van der Waals surface area (Å²) < 4.78 is 5.08. The van der Waals surface area contributed by atoms with Gasteiger partial charge in [-0.2, -0.15) is 0 Å². The molecule has 5 rings (SSSR count). The quantitative estimate of drug-likeness (QED) is 0.112. The van der Waals surface area contributed by atoms with E-state index in [9.17, 15) is 14.4 Å². The van der Waals surface area contributed by atoms with Crippen molar-refractivity contribution in [3.05, 3.63) is 179 Å². The van der Waals surface area contributed by atoms with E-state index in [1.807, 2.05) is 109 Å². The van der Waals surface area contributed by atoms with Gasteiger partial charge in [-0.25, -0.2) is 4.79 Å². The Morgan fingerprint density at radius 3 is 1.47 bits per heavy atom. The van der Waals surface area contributed by atoms with Crippen LogP contribution in [0, 0.1) is 0 Å². The van der Waals surface area contributed by atoms with E-state index < -0.39 is 17.4 Å². The number of carbonyl (C=O) groups is 3. The minimum atomic E-state index is -0.909. The van der Waals surface area contributed by atoms with Crippen LogP contribution in [-0.2, 0) is 26.2 Å². The summed E-state index contributed by atoms with van der Waals surface area (Å²) in [5.41, 5.74) is 4.05. The SMILES string of the molecule is COC(=O)[C@H](Cc1ccc(C(=O)c2ccccc2)cc1)NC(=O)CC(c1ccccc1)(c1ccccc1)c1ccccc1. The van der Waals surface area contributed by atoms with Crippen molar-refractivity contribution in [2.24, 2.45) is 0 Å². The van der Waals surface area contributed by atoms with Crippen LogP contribution in [0.2, 0.25) is 0 Å². The van der Waals surface area contributed by atoms with Crippen LogP contribution in [0.4, 0.5) is 0 Å². The first kappa shape index (κ1) is 29.2. The standard InChI is InChI=1S/C38H33NO4/c1-43-37(42)34(26-28-22-24-30(25-23-28)36(41)29-14-6-2-7-15-29)39-35(40)27-38(31-16-8-3-9-17-31,32-18-10-4-11-19-32)33-20-12-5-13-21-33/h2-25,34H,26-27H2,1H3,(H,39,40)/t34-/m0/s1. The van der Waals surface area contributed by atoms with E-state index in [-0.39, 0.29) is 24.5 Å². The number of hydrogen-bond acceptors (Lipinski definition) is 4. The summed E-state index contributed by atoms with van der Waals surface area (Å²) in [5.74, 6) is -0.908. The number of ether oxygens (including phenoxy) is 1. The molecule has 0 spiro atoms. The zero-order valence-electron chi connectivity index (χ0n) is 24.0. The second-order valence-electron chi connectivity index (χ2n) is 10.4. The molecule has 0 aromatic heterocycles. The molecular weight excluding hydrogens is 534 g/mol. The molecule has 214 valence electrons. The molecule has 0 heterocycles. The molecule has 0 aliphatic rings. The highest BCUT2D eigenvalue weighted by Crippen LogP contribution is 2.42. The number of hydrogen-bond donors (Lipinski definition) is 1. The van der Waals surface area contributed by atoms with Gasteiger partial charge in [0.2, 0.25) is 5.91 Å². The first-order valence-electron chi connectivity index (χ1n) is 14.2. The molecule has 43 heavy (non-hydrogen) atoms. The molecule has 0 aliphatic heterocycles. The first-order chi connectivity index (χ1) is 21.0. The number of benzene rings is 5. The number of carbonyl (C=O) groups excluding carboxylic acids is 3. The Morgan fingerprint density at radius 1 is 0.605 bits per heavy atom. The predicted molar refractivity (Wildman–Crippen MR) is 168 cm³/mol. The van der Waals surface area contributed by atoms with Crippen molar-refractivity contribution >= 4 is 17.7 Å². The lowest BCUT2D eigenvalue weighted by molar-refractivity contribution is -0.145. The van der Waals surface area contributed by atoms with Crippen molar-refractivity contribution in [2.75, 3.05) is 7.11 Å². The Hall–Kier alpha value is -5.29. The van der Waals surface area contributed by atoms with Crippen molar-refractivity contribution in [1.29, 1.82) is 0 Å². The Balaban J connectivity index is 1.42. The molecule has 0 aliphatic carbocycles. The van der Waals surface area contributed by atoms with Crippen LogP contribution >= 0.6 is 0 Å². The molecule has 0 saturated heterocycles. The highest BCUT2D eigenvalue weighted by molar-refractivity contribution is 6.08. The lowest BCUT2D eigenvalue weighted by Crippen LogP contribution is -2.46. The van der Waals surface area contributed by atoms with E-state index in [0.29, 0.717) is 11.1 Å². The van der Waals surface area contributed by atoms with Gasteiger partial charge in [0.25, 0.3) is 0 Å². The molecule has 5 aromatic rings. The number of ketones is 1. The second kappa shape index (κ2) is 13.6. The molecule has 0 unspecified atom stereocenters. The summed E-state index contributed by atoms with van der Waals surface area (Å²) in [6.07, 6.45) is 0.288. The monoisotopic (exact) mass is 567 g/mol. The molecule has 5 nitrogen and oxygen atoms in total. The molecule has 0 saturated carbocycles. The van der Waals surface area contributed by atoms with Crippen LogP contribution in [0.5, 0.6) is 0 Å². The molecule has 5 aromatic carbocycles. The third-order valence-corrected chi connectivity index (χ3v) is 7.74. The highest BCUT2D eigenvalue weighted by atomic mass is 16.5. The third kappa shape index (κ3) is 6.62. The lowest BCUT2D eigenvalue weighted by atomic mass is 9.67. The highest BCUT2D eigenvalue weighted by Gasteiger charge is 2.39. The minimum absolute atomic E-state index is 0.0725. The number of methoxy groups -OCH3 is 1. The summed E-state index contributed by atoms with van der Waals surface area (Å²) in [5, 5.41) is 2.96. The molecule has 0 bridgehead atoms. The summed E-state index contributed by atoms with van der Waals surface area (Å²) in [6.45, 7) is 0. The smallest absolute Gasteiger partial charge is 0.328 e. The van der Waals surface area contributed by atoms with Crippen molar-refractivity contribution in [3.63, 3.8) is 0 Å². The van der Waals surface area contributed by atoms with Crippen LogP contribution in [0.1, 0.15) is 44.6 Å². The van der Waals surface area contributed by atoms with Crippen LogP contribution in [0.3, 0.4) is 0 Å². The average molecular weight is 568 g/mol. The second-order valence-corrected chi connectivity index (χ2v) is 10.4. The molecule has 5 heteroatoms. The summed E-state index contributed by atoms with van der Waals surface area (Å²) in [6, 6.07) is 45.1. The van der Waals surface area contributed by atoms with E-state index in [0.717, 1.165) is 22.3 Å². The van der Waals surface area contributed by atoms with Gasteiger partial charge in [0.1, 0.15) is 6.04 Å². The Bertz CT molecular complexity index is 1560. The Kier molecular flexibility index (Phi) is 9.23. The van der Waals surface area contributed by atoms with Crippen molar-refractivity contribution < 1.29 is 19.1 Å². The largest absolute Gasteiger partial charge is 0.467 e. The average Bonchev–Trinajstić information content (AvgIpc) is 3.08. The predicted octanol–water partition coefficient (Wildman–Crippen LogP) is 6.54. The fraction of sp³-hybridized carbons (Fsp3) is 0.132. The van der Waals surface area contributed by atoms with Gasteiger partial charge in [0.05, 0.1) is 12.5 Å². The zero-order chi connectivity index (χ0) is 30.1. The molecule has 0 radical (unpaired) electrons. The fourth-order valence-corrected chi connectivity index (χ4v) is 5.58. The van der Waals surface area contributed by atoms with Crippen LogP contribution in [-0.4, -0.2) is 30.8 Å².